The van der Waals surface area contributed by atoms with Crippen molar-refractivity contribution in [1.82, 2.24) is 4.90 Å². The Morgan fingerprint density at radius 3 is 2.50 bits per heavy atom. The molecule has 1 rings (SSSR count). The summed E-state index contributed by atoms with van der Waals surface area (Å²) in [6.45, 7) is 3.08. The largest absolute Gasteiger partial charge is 0.338 e. The first kappa shape index (κ1) is 12.5. The van der Waals surface area contributed by atoms with Crippen molar-refractivity contribution in [3.63, 3.8) is 0 Å². The summed E-state index contributed by atoms with van der Waals surface area (Å²) >= 11 is 5.62. The predicted molar refractivity (Wildman–Crippen MR) is 63.5 cm³/mol. The van der Waals surface area contributed by atoms with Gasteiger partial charge in [0.05, 0.1) is 11.6 Å². The summed E-state index contributed by atoms with van der Waals surface area (Å²) in [5.74, 6) is 0.378. The lowest BCUT2D eigenvalue weighted by Gasteiger charge is -2.19. The predicted octanol–water partition coefficient (Wildman–Crippen LogP) is 2.26. The van der Waals surface area contributed by atoms with E-state index in [1.807, 2.05) is 13.0 Å². The number of carbonyl (C=O) groups is 1. The molecular weight excluding hydrogens is 224 g/mol. The molecule has 0 saturated heterocycles. The van der Waals surface area contributed by atoms with Crippen molar-refractivity contribution in [2.24, 2.45) is 0 Å². The molecule has 0 N–H and O–H groups in total. The SMILES string of the molecule is CCN(CCCl)C(=O)c1ccc(C#N)cc1. The van der Waals surface area contributed by atoms with Crippen LogP contribution < -0.4 is 0 Å². The van der Waals surface area contributed by atoms with Crippen molar-refractivity contribution in [3.05, 3.63) is 35.4 Å². The van der Waals surface area contributed by atoms with Crippen LogP contribution in [0.15, 0.2) is 24.3 Å². The average molecular weight is 237 g/mol. The summed E-state index contributed by atoms with van der Waals surface area (Å²) in [5.41, 5.74) is 1.14. The molecule has 0 unspecified atom stereocenters. The molecule has 4 heteroatoms. The zero-order chi connectivity index (χ0) is 12.0. The fraction of sp³-hybridized carbons (Fsp3) is 0.333. The summed E-state index contributed by atoms with van der Waals surface area (Å²) in [4.78, 5) is 13.6. The normalized spacial score (nSPS) is 9.56. The van der Waals surface area contributed by atoms with Crippen LogP contribution in [-0.2, 0) is 0 Å². The Kier molecular flexibility index (Phi) is 4.81. The number of benzene rings is 1. The highest BCUT2D eigenvalue weighted by Crippen LogP contribution is 2.07. The zero-order valence-electron chi connectivity index (χ0n) is 9.11. The third kappa shape index (κ3) is 2.98. The molecule has 1 amide bonds. The first-order chi connectivity index (χ1) is 7.72. The van der Waals surface area contributed by atoms with Crippen LogP contribution in [0.5, 0.6) is 0 Å². The van der Waals surface area contributed by atoms with Gasteiger partial charge in [-0.15, -0.1) is 11.6 Å². The van der Waals surface area contributed by atoms with Gasteiger partial charge in [0.1, 0.15) is 0 Å². The summed E-state index contributed by atoms with van der Waals surface area (Å²) in [6, 6.07) is 8.63. The van der Waals surface area contributed by atoms with E-state index in [0.29, 0.717) is 30.1 Å². The van der Waals surface area contributed by atoms with Gasteiger partial charge in [-0.2, -0.15) is 5.26 Å². The van der Waals surface area contributed by atoms with Crippen molar-refractivity contribution in [1.29, 1.82) is 5.26 Å². The number of hydrogen-bond donors (Lipinski definition) is 0. The van der Waals surface area contributed by atoms with Gasteiger partial charge in [-0.25, -0.2) is 0 Å². The van der Waals surface area contributed by atoms with Crippen molar-refractivity contribution < 1.29 is 4.79 Å². The second kappa shape index (κ2) is 6.14. The van der Waals surface area contributed by atoms with E-state index in [4.69, 9.17) is 16.9 Å². The van der Waals surface area contributed by atoms with Gasteiger partial charge in [-0.1, -0.05) is 0 Å². The quantitative estimate of drug-likeness (QED) is 0.753. The molecule has 0 bridgehead atoms. The first-order valence-corrected chi connectivity index (χ1v) is 5.61. The van der Waals surface area contributed by atoms with Crippen LogP contribution in [0.1, 0.15) is 22.8 Å². The summed E-state index contributed by atoms with van der Waals surface area (Å²) < 4.78 is 0. The molecule has 0 spiro atoms. The molecule has 0 heterocycles. The van der Waals surface area contributed by atoms with Crippen molar-refractivity contribution in [2.45, 2.75) is 6.92 Å². The van der Waals surface area contributed by atoms with E-state index in [2.05, 4.69) is 0 Å². The molecule has 3 nitrogen and oxygen atoms in total. The van der Waals surface area contributed by atoms with E-state index in [9.17, 15) is 4.79 Å². The van der Waals surface area contributed by atoms with Gasteiger partial charge in [-0.05, 0) is 31.2 Å². The fourth-order valence-corrected chi connectivity index (χ4v) is 1.58. The van der Waals surface area contributed by atoms with Crippen LogP contribution in [0.4, 0.5) is 0 Å². The first-order valence-electron chi connectivity index (χ1n) is 5.08. The van der Waals surface area contributed by atoms with Crippen molar-refractivity contribution >= 4 is 17.5 Å². The highest BCUT2D eigenvalue weighted by molar-refractivity contribution is 6.18. The number of hydrogen-bond acceptors (Lipinski definition) is 2. The maximum absolute atomic E-state index is 11.9. The Balaban J connectivity index is 2.83. The minimum absolute atomic E-state index is 0.0485. The number of nitrogens with zero attached hydrogens (tertiary/aromatic N) is 2. The second-order valence-corrected chi connectivity index (χ2v) is 3.64. The Labute approximate surface area is 100 Å². The zero-order valence-corrected chi connectivity index (χ0v) is 9.87. The molecule has 0 atom stereocenters. The average Bonchev–Trinajstić information content (AvgIpc) is 2.35. The molecule has 1 aromatic carbocycles. The number of carbonyl (C=O) groups excluding carboxylic acids is 1. The molecule has 0 aromatic heterocycles. The summed E-state index contributed by atoms with van der Waals surface area (Å²) in [6.07, 6.45) is 0. The van der Waals surface area contributed by atoms with Crippen molar-refractivity contribution in [2.75, 3.05) is 19.0 Å². The highest BCUT2D eigenvalue weighted by Gasteiger charge is 2.12. The maximum atomic E-state index is 11.9. The number of nitriles is 1. The van der Waals surface area contributed by atoms with E-state index in [-0.39, 0.29) is 5.91 Å². The summed E-state index contributed by atoms with van der Waals surface area (Å²) in [7, 11) is 0. The van der Waals surface area contributed by atoms with E-state index >= 15 is 0 Å². The van der Waals surface area contributed by atoms with Crippen molar-refractivity contribution in [3.8, 4) is 6.07 Å². The lowest BCUT2D eigenvalue weighted by molar-refractivity contribution is 0.0774. The molecule has 0 aliphatic carbocycles. The van der Waals surface area contributed by atoms with E-state index in [1.165, 1.54) is 0 Å². The van der Waals surface area contributed by atoms with Gasteiger partial charge in [0.2, 0.25) is 0 Å². The van der Waals surface area contributed by atoms with Crippen LogP contribution in [0.2, 0.25) is 0 Å². The maximum Gasteiger partial charge on any atom is 0.253 e. The number of rotatable bonds is 4. The smallest absolute Gasteiger partial charge is 0.253 e. The number of halogens is 1. The van der Waals surface area contributed by atoms with Gasteiger partial charge in [0, 0.05) is 24.5 Å². The van der Waals surface area contributed by atoms with Gasteiger partial charge >= 0.3 is 0 Å². The minimum atomic E-state index is -0.0485. The van der Waals surface area contributed by atoms with Crippen LogP contribution in [0, 0.1) is 11.3 Å². The molecule has 0 aliphatic heterocycles. The topological polar surface area (TPSA) is 44.1 Å². The standard InChI is InChI=1S/C12H13ClN2O/c1-2-15(8-7-13)12(16)11-5-3-10(9-14)4-6-11/h3-6H,2,7-8H2,1H3. The molecule has 84 valence electrons. The highest BCUT2D eigenvalue weighted by atomic mass is 35.5. The van der Waals surface area contributed by atoms with Gasteiger partial charge in [0.15, 0.2) is 0 Å². The molecule has 0 fully saturated rings. The Morgan fingerprint density at radius 1 is 1.44 bits per heavy atom. The third-order valence-corrected chi connectivity index (χ3v) is 2.45. The number of alkyl halides is 1. The van der Waals surface area contributed by atoms with Crippen LogP contribution >= 0.6 is 11.6 Å². The van der Waals surface area contributed by atoms with Gasteiger partial charge in [0.25, 0.3) is 5.91 Å². The molecule has 0 saturated carbocycles. The molecular formula is C12H13ClN2O. The summed E-state index contributed by atoms with van der Waals surface area (Å²) in [5, 5.41) is 8.64. The fourth-order valence-electron chi connectivity index (χ4n) is 1.38. The lowest BCUT2D eigenvalue weighted by atomic mass is 10.1. The van der Waals surface area contributed by atoms with Crippen LogP contribution in [-0.4, -0.2) is 29.8 Å². The monoisotopic (exact) mass is 236 g/mol. The molecule has 16 heavy (non-hydrogen) atoms. The van der Waals surface area contributed by atoms with E-state index in [0.717, 1.165) is 0 Å². The van der Waals surface area contributed by atoms with E-state index < -0.39 is 0 Å². The van der Waals surface area contributed by atoms with Gasteiger partial charge in [-0.3, -0.25) is 4.79 Å². The Morgan fingerprint density at radius 2 is 2.06 bits per heavy atom. The van der Waals surface area contributed by atoms with Crippen LogP contribution in [0.25, 0.3) is 0 Å². The Bertz CT molecular complexity index is 394. The van der Waals surface area contributed by atoms with Crippen LogP contribution in [0.3, 0.4) is 0 Å². The minimum Gasteiger partial charge on any atom is -0.338 e. The Hall–Kier alpha value is -1.53. The molecule has 1 aromatic rings. The third-order valence-electron chi connectivity index (χ3n) is 2.28. The molecule has 0 aliphatic rings. The molecule has 0 radical (unpaired) electrons. The second-order valence-electron chi connectivity index (χ2n) is 3.26. The van der Waals surface area contributed by atoms with E-state index in [1.54, 1.807) is 29.2 Å². The van der Waals surface area contributed by atoms with Gasteiger partial charge < -0.3 is 4.90 Å². The number of amides is 1. The lowest BCUT2D eigenvalue weighted by Crippen LogP contribution is -2.32.